The van der Waals surface area contributed by atoms with E-state index in [0.717, 1.165) is 52.1 Å². The number of carbonyl (C=O) groups excluding carboxylic acids is 2. The van der Waals surface area contributed by atoms with E-state index >= 15 is 0 Å². The van der Waals surface area contributed by atoms with Crippen molar-refractivity contribution in [3.05, 3.63) is 0 Å². The molecule has 2 aliphatic rings. The molecule has 7 nitrogen and oxygen atoms in total. The highest BCUT2D eigenvalue weighted by atomic mass is 16.3. The van der Waals surface area contributed by atoms with Gasteiger partial charge in [0.1, 0.15) is 0 Å². The standard InChI is InChI=1S/C18H34N4O3/c1-19(2)8-11-22-15-16(5-6-17(22)24)18(25)21-12-9-20(10-13-21)7-3-4-14-23/h16,23H,3-15H2,1-2H3/t16-/m1/s1. The van der Waals surface area contributed by atoms with E-state index in [1.165, 1.54) is 0 Å². The average Bonchev–Trinajstić information content (AvgIpc) is 2.61. The van der Waals surface area contributed by atoms with Gasteiger partial charge in [0.2, 0.25) is 11.8 Å². The highest BCUT2D eigenvalue weighted by Crippen LogP contribution is 2.20. The van der Waals surface area contributed by atoms with Gasteiger partial charge < -0.3 is 19.8 Å². The Bertz CT molecular complexity index is 436. The molecule has 144 valence electrons. The zero-order valence-electron chi connectivity index (χ0n) is 15.8. The van der Waals surface area contributed by atoms with Crippen molar-refractivity contribution in [3.63, 3.8) is 0 Å². The summed E-state index contributed by atoms with van der Waals surface area (Å²) in [4.78, 5) is 33.2. The van der Waals surface area contributed by atoms with Gasteiger partial charge in [0.15, 0.2) is 0 Å². The minimum absolute atomic E-state index is 0.0409. The van der Waals surface area contributed by atoms with Gasteiger partial charge in [-0.25, -0.2) is 0 Å². The van der Waals surface area contributed by atoms with Crippen LogP contribution >= 0.6 is 0 Å². The van der Waals surface area contributed by atoms with Crippen molar-refractivity contribution >= 4 is 11.8 Å². The molecule has 0 aromatic heterocycles. The summed E-state index contributed by atoms with van der Waals surface area (Å²) in [6, 6.07) is 0. The second kappa shape index (κ2) is 10.1. The van der Waals surface area contributed by atoms with E-state index < -0.39 is 0 Å². The summed E-state index contributed by atoms with van der Waals surface area (Å²) >= 11 is 0. The summed E-state index contributed by atoms with van der Waals surface area (Å²) in [5, 5.41) is 8.86. The lowest BCUT2D eigenvalue weighted by molar-refractivity contribution is -0.144. The molecule has 0 aromatic rings. The molecular formula is C18H34N4O3. The monoisotopic (exact) mass is 354 g/mol. The van der Waals surface area contributed by atoms with Crippen molar-refractivity contribution in [2.24, 2.45) is 5.92 Å². The molecule has 2 amide bonds. The quantitative estimate of drug-likeness (QED) is 0.607. The Morgan fingerprint density at radius 3 is 2.52 bits per heavy atom. The third kappa shape index (κ3) is 6.24. The Kier molecular flexibility index (Phi) is 8.12. The van der Waals surface area contributed by atoms with Crippen molar-refractivity contribution in [2.75, 3.05) is 73.1 Å². The molecule has 2 saturated heterocycles. The van der Waals surface area contributed by atoms with Crippen molar-refractivity contribution in [1.29, 1.82) is 0 Å². The number of aliphatic hydroxyl groups is 1. The third-order valence-corrected chi connectivity index (χ3v) is 5.23. The third-order valence-electron chi connectivity index (χ3n) is 5.23. The number of hydrogen-bond donors (Lipinski definition) is 1. The molecule has 2 fully saturated rings. The normalized spacial score (nSPS) is 22.7. The van der Waals surface area contributed by atoms with E-state index in [1.54, 1.807) is 0 Å². The summed E-state index contributed by atoms with van der Waals surface area (Å²) in [5.41, 5.74) is 0. The van der Waals surface area contributed by atoms with Crippen molar-refractivity contribution in [2.45, 2.75) is 25.7 Å². The zero-order valence-corrected chi connectivity index (χ0v) is 15.8. The van der Waals surface area contributed by atoms with Gasteiger partial charge in [-0.2, -0.15) is 0 Å². The predicted octanol–water partition coefficient (Wildman–Crippen LogP) is -0.297. The van der Waals surface area contributed by atoms with Gasteiger partial charge in [-0.05, 0) is 39.9 Å². The number of hydrogen-bond acceptors (Lipinski definition) is 5. The van der Waals surface area contributed by atoms with E-state index in [0.29, 0.717) is 25.9 Å². The van der Waals surface area contributed by atoms with E-state index in [9.17, 15) is 9.59 Å². The molecular weight excluding hydrogens is 320 g/mol. The minimum atomic E-state index is -0.0409. The highest BCUT2D eigenvalue weighted by molar-refractivity contribution is 5.84. The van der Waals surface area contributed by atoms with E-state index in [2.05, 4.69) is 9.80 Å². The maximum absolute atomic E-state index is 12.8. The fourth-order valence-electron chi connectivity index (χ4n) is 3.55. The van der Waals surface area contributed by atoms with E-state index in [4.69, 9.17) is 5.11 Å². The molecule has 2 rings (SSSR count). The van der Waals surface area contributed by atoms with Crippen LogP contribution in [0.3, 0.4) is 0 Å². The Morgan fingerprint density at radius 2 is 1.88 bits per heavy atom. The Morgan fingerprint density at radius 1 is 1.16 bits per heavy atom. The number of likely N-dealkylation sites (N-methyl/N-ethyl adjacent to an activating group) is 1. The van der Waals surface area contributed by atoms with Crippen LogP contribution in [0.4, 0.5) is 0 Å². The molecule has 7 heteroatoms. The molecule has 0 aliphatic carbocycles. The van der Waals surface area contributed by atoms with Gasteiger partial charge in [-0.1, -0.05) is 0 Å². The molecule has 2 aliphatic heterocycles. The molecule has 0 bridgehead atoms. The van der Waals surface area contributed by atoms with Gasteiger partial charge >= 0.3 is 0 Å². The van der Waals surface area contributed by atoms with Crippen LogP contribution in [0.5, 0.6) is 0 Å². The number of aliphatic hydroxyl groups excluding tert-OH is 1. The molecule has 2 heterocycles. The van der Waals surface area contributed by atoms with Crippen LogP contribution in [-0.2, 0) is 9.59 Å². The number of piperazine rings is 1. The number of unbranched alkanes of at least 4 members (excludes halogenated alkanes) is 1. The summed E-state index contributed by atoms with van der Waals surface area (Å²) in [7, 11) is 3.99. The maximum Gasteiger partial charge on any atom is 0.227 e. The van der Waals surface area contributed by atoms with Crippen LogP contribution in [0.1, 0.15) is 25.7 Å². The van der Waals surface area contributed by atoms with Gasteiger partial charge in [0.05, 0.1) is 5.92 Å². The fraction of sp³-hybridized carbons (Fsp3) is 0.889. The Hall–Kier alpha value is -1.18. The second-order valence-electron chi connectivity index (χ2n) is 7.48. The Balaban J connectivity index is 1.77. The first-order chi connectivity index (χ1) is 12.0. The van der Waals surface area contributed by atoms with Crippen LogP contribution in [0.25, 0.3) is 0 Å². The predicted molar refractivity (Wildman–Crippen MR) is 97.2 cm³/mol. The van der Waals surface area contributed by atoms with Crippen LogP contribution in [0, 0.1) is 5.92 Å². The van der Waals surface area contributed by atoms with Crippen LogP contribution in [0.15, 0.2) is 0 Å². The van der Waals surface area contributed by atoms with Gasteiger partial charge in [0.25, 0.3) is 0 Å². The van der Waals surface area contributed by atoms with E-state index in [1.807, 2.05) is 23.9 Å². The number of piperidine rings is 1. The van der Waals surface area contributed by atoms with Crippen molar-refractivity contribution in [1.82, 2.24) is 19.6 Å². The SMILES string of the molecule is CN(C)CCN1C[C@H](C(=O)N2CCN(CCCCO)CC2)CCC1=O. The number of carbonyl (C=O) groups is 2. The first-order valence-electron chi connectivity index (χ1n) is 9.55. The molecule has 1 atom stereocenters. The topological polar surface area (TPSA) is 67.3 Å². The van der Waals surface area contributed by atoms with Crippen molar-refractivity contribution < 1.29 is 14.7 Å². The molecule has 0 radical (unpaired) electrons. The van der Waals surface area contributed by atoms with Gasteiger partial charge in [0, 0.05) is 58.8 Å². The largest absolute Gasteiger partial charge is 0.396 e. The number of likely N-dealkylation sites (tertiary alicyclic amines) is 1. The fourth-order valence-corrected chi connectivity index (χ4v) is 3.55. The van der Waals surface area contributed by atoms with E-state index in [-0.39, 0.29) is 24.3 Å². The minimum Gasteiger partial charge on any atom is -0.396 e. The summed E-state index contributed by atoms with van der Waals surface area (Å²) in [5.74, 6) is 0.359. The number of amides is 2. The molecule has 0 spiro atoms. The number of rotatable bonds is 8. The molecule has 0 saturated carbocycles. The second-order valence-corrected chi connectivity index (χ2v) is 7.48. The van der Waals surface area contributed by atoms with Crippen LogP contribution in [0.2, 0.25) is 0 Å². The van der Waals surface area contributed by atoms with Crippen LogP contribution < -0.4 is 0 Å². The van der Waals surface area contributed by atoms with Gasteiger partial charge in [-0.3, -0.25) is 14.5 Å². The van der Waals surface area contributed by atoms with Crippen molar-refractivity contribution in [3.8, 4) is 0 Å². The molecule has 0 aromatic carbocycles. The highest BCUT2D eigenvalue weighted by Gasteiger charge is 2.33. The zero-order chi connectivity index (χ0) is 18.2. The first-order valence-corrected chi connectivity index (χ1v) is 9.55. The van der Waals surface area contributed by atoms with Gasteiger partial charge in [-0.15, -0.1) is 0 Å². The lowest BCUT2D eigenvalue weighted by Gasteiger charge is -2.39. The lowest BCUT2D eigenvalue weighted by atomic mass is 9.95. The number of nitrogens with zero attached hydrogens (tertiary/aromatic N) is 4. The summed E-state index contributed by atoms with van der Waals surface area (Å²) in [6.07, 6.45) is 3.03. The smallest absolute Gasteiger partial charge is 0.227 e. The lowest BCUT2D eigenvalue weighted by Crippen LogP contribution is -2.53. The summed E-state index contributed by atoms with van der Waals surface area (Å²) in [6.45, 7) is 6.73. The Labute approximate surface area is 151 Å². The average molecular weight is 354 g/mol. The van der Waals surface area contributed by atoms with Crippen LogP contribution in [-0.4, -0.2) is 110 Å². The molecule has 25 heavy (non-hydrogen) atoms. The molecule has 1 N–H and O–H groups in total. The molecule has 0 unspecified atom stereocenters. The first kappa shape index (κ1) is 20.1. The maximum atomic E-state index is 12.8. The summed E-state index contributed by atoms with van der Waals surface area (Å²) < 4.78 is 0.